The van der Waals surface area contributed by atoms with Crippen LogP contribution in [0.1, 0.15) is 37.7 Å². The molecule has 2 nitrogen and oxygen atoms in total. The van der Waals surface area contributed by atoms with E-state index in [2.05, 4.69) is 66.9 Å². The van der Waals surface area contributed by atoms with Crippen LogP contribution in [0.15, 0.2) is 78.0 Å². The van der Waals surface area contributed by atoms with Gasteiger partial charge in [-0.05, 0) is 30.5 Å². The highest BCUT2D eigenvalue weighted by molar-refractivity contribution is 6.07. The fourth-order valence-electron chi connectivity index (χ4n) is 3.78. The van der Waals surface area contributed by atoms with E-state index in [-0.39, 0.29) is 5.41 Å². The van der Waals surface area contributed by atoms with E-state index < -0.39 is 0 Å². The van der Waals surface area contributed by atoms with E-state index in [1.807, 2.05) is 11.1 Å². The number of para-hydroxylation sites is 1. The number of anilines is 1. The molecular weight excluding hydrogens is 280 g/mol. The van der Waals surface area contributed by atoms with Crippen molar-refractivity contribution in [3.05, 3.63) is 78.5 Å². The standard InChI is InChI=1S/C21H22N2/c1-4-10-18(11-5-1)20-21(14-8-3-9-15-21)16-17-23(22-20)19-12-6-2-7-13-19/h1-2,4-7,10-13,16-17H,3,8-9,14-15H2. The summed E-state index contributed by atoms with van der Waals surface area (Å²) < 4.78 is 0. The zero-order valence-electron chi connectivity index (χ0n) is 13.4. The number of hydrogen-bond donors (Lipinski definition) is 0. The zero-order valence-corrected chi connectivity index (χ0v) is 13.4. The molecule has 1 aliphatic carbocycles. The lowest BCUT2D eigenvalue weighted by atomic mass is 9.68. The SMILES string of the molecule is C1=CC2(CCCCC2)C(c2ccccc2)=NN1c1ccccc1. The Morgan fingerprint density at radius 3 is 2.13 bits per heavy atom. The van der Waals surface area contributed by atoms with E-state index in [0.717, 1.165) is 5.69 Å². The van der Waals surface area contributed by atoms with Gasteiger partial charge in [0.05, 0.1) is 11.4 Å². The second-order valence-corrected chi connectivity index (χ2v) is 6.53. The molecule has 0 N–H and O–H groups in total. The van der Waals surface area contributed by atoms with Crippen molar-refractivity contribution in [3.8, 4) is 0 Å². The highest BCUT2D eigenvalue weighted by atomic mass is 15.5. The normalized spacial score (nSPS) is 19.7. The summed E-state index contributed by atoms with van der Waals surface area (Å²) in [6, 6.07) is 21.1. The molecule has 0 aromatic heterocycles. The topological polar surface area (TPSA) is 15.6 Å². The van der Waals surface area contributed by atoms with Crippen molar-refractivity contribution >= 4 is 11.4 Å². The monoisotopic (exact) mass is 302 g/mol. The maximum absolute atomic E-state index is 5.06. The summed E-state index contributed by atoms with van der Waals surface area (Å²) in [6.07, 6.45) is 10.9. The van der Waals surface area contributed by atoms with Gasteiger partial charge in [-0.15, -0.1) is 0 Å². The fourth-order valence-corrected chi connectivity index (χ4v) is 3.78. The van der Waals surface area contributed by atoms with Crippen molar-refractivity contribution in [2.24, 2.45) is 10.5 Å². The molecule has 0 atom stereocenters. The van der Waals surface area contributed by atoms with Gasteiger partial charge in [0.15, 0.2) is 0 Å². The first-order valence-electron chi connectivity index (χ1n) is 8.56. The van der Waals surface area contributed by atoms with Gasteiger partial charge in [-0.25, -0.2) is 5.01 Å². The molecule has 1 fully saturated rings. The van der Waals surface area contributed by atoms with Gasteiger partial charge in [-0.2, -0.15) is 5.10 Å². The number of nitrogens with zero attached hydrogens (tertiary/aromatic N) is 2. The van der Waals surface area contributed by atoms with E-state index in [0.29, 0.717) is 0 Å². The minimum Gasteiger partial charge on any atom is -0.241 e. The summed E-state index contributed by atoms with van der Waals surface area (Å²) in [4.78, 5) is 0. The van der Waals surface area contributed by atoms with Crippen molar-refractivity contribution in [2.75, 3.05) is 5.01 Å². The molecule has 2 aromatic rings. The van der Waals surface area contributed by atoms with Crippen molar-refractivity contribution in [2.45, 2.75) is 32.1 Å². The summed E-state index contributed by atoms with van der Waals surface area (Å²) in [5.74, 6) is 0. The third-order valence-electron chi connectivity index (χ3n) is 5.03. The Hall–Kier alpha value is -2.35. The fraction of sp³-hybridized carbons (Fsp3) is 0.286. The maximum Gasteiger partial charge on any atom is 0.0785 e. The number of hydrazone groups is 1. The van der Waals surface area contributed by atoms with Crippen LogP contribution < -0.4 is 5.01 Å². The molecule has 2 aromatic carbocycles. The zero-order chi connectivity index (χ0) is 15.5. The molecule has 0 bridgehead atoms. The predicted molar refractivity (Wildman–Crippen MR) is 96.6 cm³/mol. The van der Waals surface area contributed by atoms with Gasteiger partial charge in [-0.1, -0.05) is 73.9 Å². The van der Waals surface area contributed by atoms with Gasteiger partial charge in [0, 0.05) is 11.6 Å². The third kappa shape index (κ3) is 2.70. The summed E-state index contributed by atoms with van der Waals surface area (Å²) in [5.41, 5.74) is 3.71. The van der Waals surface area contributed by atoms with Crippen LogP contribution in [0, 0.1) is 5.41 Å². The second-order valence-electron chi connectivity index (χ2n) is 6.53. The van der Waals surface area contributed by atoms with Crippen molar-refractivity contribution in [1.29, 1.82) is 0 Å². The van der Waals surface area contributed by atoms with Gasteiger partial charge < -0.3 is 0 Å². The first kappa shape index (κ1) is 14.3. The van der Waals surface area contributed by atoms with Crippen LogP contribution in [0.25, 0.3) is 0 Å². The largest absolute Gasteiger partial charge is 0.241 e. The number of allylic oxidation sites excluding steroid dienone is 1. The molecule has 0 saturated heterocycles. The van der Waals surface area contributed by atoms with Gasteiger partial charge >= 0.3 is 0 Å². The lowest BCUT2D eigenvalue weighted by molar-refractivity contribution is 0.347. The maximum atomic E-state index is 5.06. The van der Waals surface area contributed by atoms with Crippen molar-refractivity contribution in [1.82, 2.24) is 0 Å². The Morgan fingerprint density at radius 2 is 1.43 bits per heavy atom. The van der Waals surface area contributed by atoms with Crippen molar-refractivity contribution < 1.29 is 0 Å². The van der Waals surface area contributed by atoms with E-state index in [9.17, 15) is 0 Å². The van der Waals surface area contributed by atoms with Crippen LogP contribution in [-0.4, -0.2) is 5.71 Å². The summed E-state index contributed by atoms with van der Waals surface area (Å²) in [5, 5.41) is 7.08. The Morgan fingerprint density at radius 1 is 0.783 bits per heavy atom. The van der Waals surface area contributed by atoms with Crippen molar-refractivity contribution in [3.63, 3.8) is 0 Å². The van der Waals surface area contributed by atoms with Crippen LogP contribution in [0.2, 0.25) is 0 Å². The van der Waals surface area contributed by atoms with Gasteiger partial charge in [0.2, 0.25) is 0 Å². The second kappa shape index (κ2) is 6.04. The highest BCUT2D eigenvalue weighted by Crippen LogP contribution is 2.43. The Balaban J connectivity index is 1.78. The minimum atomic E-state index is 0.116. The van der Waals surface area contributed by atoms with Crippen LogP contribution >= 0.6 is 0 Å². The lowest BCUT2D eigenvalue weighted by Crippen LogP contribution is -2.37. The van der Waals surface area contributed by atoms with Gasteiger partial charge in [0.25, 0.3) is 0 Å². The summed E-state index contributed by atoms with van der Waals surface area (Å²) >= 11 is 0. The molecule has 1 saturated carbocycles. The summed E-state index contributed by atoms with van der Waals surface area (Å²) in [7, 11) is 0. The summed E-state index contributed by atoms with van der Waals surface area (Å²) in [6.45, 7) is 0. The van der Waals surface area contributed by atoms with Gasteiger partial charge in [0.1, 0.15) is 0 Å². The number of rotatable bonds is 2. The average molecular weight is 302 g/mol. The average Bonchev–Trinajstić information content (AvgIpc) is 2.64. The van der Waals surface area contributed by atoms with Crippen LogP contribution in [-0.2, 0) is 0 Å². The quantitative estimate of drug-likeness (QED) is 0.727. The van der Waals surface area contributed by atoms with Crippen LogP contribution in [0.5, 0.6) is 0 Å². The Kier molecular flexibility index (Phi) is 3.74. The molecule has 0 unspecified atom stereocenters. The third-order valence-corrected chi connectivity index (χ3v) is 5.03. The van der Waals surface area contributed by atoms with E-state index in [4.69, 9.17) is 5.10 Å². The number of hydrogen-bond acceptors (Lipinski definition) is 2. The molecular formula is C21H22N2. The highest BCUT2D eigenvalue weighted by Gasteiger charge is 2.38. The molecule has 0 radical (unpaired) electrons. The molecule has 1 heterocycles. The molecule has 23 heavy (non-hydrogen) atoms. The van der Waals surface area contributed by atoms with E-state index in [1.165, 1.54) is 43.4 Å². The Labute approximate surface area is 138 Å². The molecule has 1 spiro atoms. The first-order chi connectivity index (χ1) is 11.4. The smallest absolute Gasteiger partial charge is 0.0785 e. The van der Waals surface area contributed by atoms with Crippen LogP contribution in [0.4, 0.5) is 5.69 Å². The van der Waals surface area contributed by atoms with E-state index in [1.54, 1.807) is 0 Å². The Bertz CT molecular complexity index is 710. The van der Waals surface area contributed by atoms with E-state index >= 15 is 0 Å². The minimum absolute atomic E-state index is 0.116. The number of benzene rings is 2. The lowest BCUT2D eigenvalue weighted by Gasteiger charge is -2.39. The predicted octanol–water partition coefficient (Wildman–Crippen LogP) is 5.38. The molecule has 2 aliphatic rings. The molecule has 2 heteroatoms. The molecule has 4 rings (SSSR count). The molecule has 116 valence electrons. The molecule has 0 amide bonds. The first-order valence-corrected chi connectivity index (χ1v) is 8.56. The van der Waals surface area contributed by atoms with Gasteiger partial charge in [-0.3, -0.25) is 0 Å². The molecule has 1 aliphatic heterocycles. The van der Waals surface area contributed by atoms with Crippen LogP contribution in [0.3, 0.4) is 0 Å².